The molecule has 1 rings (SSSR count). The second-order valence-corrected chi connectivity index (χ2v) is 5.97. The van der Waals surface area contributed by atoms with Crippen LogP contribution in [-0.2, 0) is 14.2 Å². The van der Waals surface area contributed by atoms with Gasteiger partial charge in [-0.15, -0.1) is 0 Å². The Morgan fingerprint density at radius 3 is 2.05 bits per heavy atom. The van der Waals surface area contributed by atoms with Gasteiger partial charge in [-0.2, -0.15) is 0 Å². The van der Waals surface area contributed by atoms with E-state index in [4.69, 9.17) is 14.2 Å². The zero-order valence-electron chi connectivity index (χ0n) is 13.7. The highest BCUT2D eigenvalue weighted by Gasteiger charge is 2.23. The minimum absolute atomic E-state index is 0.305. The quantitative estimate of drug-likeness (QED) is 0.501. The third-order valence-electron chi connectivity index (χ3n) is 4.32. The summed E-state index contributed by atoms with van der Waals surface area (Å²) in [6, 6.07) is 0. The zero-order chi connectivity index (χ0) is 15.2. The smallest absolute Gasteiger partial charge is 0.0701 e. The molecule has 1 atom stereocenters. The molecule has 0 bridgehead atoms. The van der Waals surface area contributed by atoms with E-state index in [0.717, 1.165) is 32.0 Å². The van der Waals surface area contributed by atoms with E-state index in [9.17, 15) is 5.11 Å². The first kappa shape index (κ1) is 18.9. The van der Waals surface area contributed by atoms with Crippen LogP contribution in [0.5, 0.6) is 0 Å². The average molecular weight is 302 g/mol. The van der Waals surface area contributed by atoms with Crippen LogP contribution in [0.3, 0.4) is 0 Å². The van der Waals surface area contributed by atoms with Crippen molar-refractivity contribution in [2.75, 3.05) is 46.2 Å². The Bertz CT molecular complexity index is 217. The first-order valence-electron chi connectivity index (χ1n) is 8.72. The van der Waals surface area contributed by atoms with Gasteiger partial charge < -0.3 is 19.3 Å². The predicted molar refractivity (Wildman–Crippen MR) is 84.5 cm³/mol. The van der Waals surface area contributed by atoms with E-state index in [1.807, 2.05) is 0 Å². The summed E-state index contributed by atoms with van der Waals surface area (Å²) in [6.07, 6.45) is 8.49. The summed E-state index contributed by atoms with van der Waals surface area (Å²) in [4.78, 5) is 0. The molecule has 0 amide bonds. The number of ether oxygens (including phenoxy) is 3. The summed E-state index contributed by atoms with van der Waals surface area (Å²) in [5.41, 5.74) is 0. The molecule has 0 aliphatic heterocycles. The molecule has 0 aromatic rings. The third-order valence-corrected chi connectivity index (χ3v) is 4.32. The van der Waals surface area contributed by atoms with Crippen molar-refractivity contribution in [3.05, 3.63) is 0 Å². The van der Waals surface area contributed by atoms with Crippen molar-refractivity contribution in [1.82, 2.24) is 0 Å². The molecular formula is C17H34O4. The lowest BCUT2D eigenvalue weighted by atomic mass is 9.89. The van der Waals surface area contributed by atoms with Gasteiger partial charge in [0.05, 0.1) is 26.4 Å². The van der Waals surface area contributed by atoms with Gasteiger partial charge in [-0.05, 0) is 24.7 Å². The largest absolute Gasteiger partial charge is 0.396 e. The molecule has 0 aromatic carbocycles. The summed E-state index contributed by atoms with van der Waals surface area (Å²) in [7, 11) is 0. The lowest BCUT2D eigenvalue weighted by Crippen LogP contribution is -2.19. The van der Waals surface area contributed by atoms with Crippen molar-refractivity contribution < 1.29 is 19.3 Å². The second-order valence-electron chi connectivity index (χ2n) is 5.97. The fourth-order valence-corrected chi connectivity index (χ4v) is 2.93. The number of rotatable bonds is 14. The number of aliphatic hydroxyl groups excluding tert-OH is 1. The van der Waals surface area contributed by atoms with E-state index in [0.29, 0.717) is 39.0 Å². The van der Waals surface area contributed by atoms with Gasteiger partial charge in [0.15, 0.2) is 0 Å². The van der Waals surface area contributed by atoms with Gasteiger partial charge in [-0.25, -0.2) is 0 Å². The van der Waals surface area contributed by atoms with E-state index in [1.165, 1.54) is 32.1 Å². The summed E-state index contributed by atoms with van der Waals surface area (Å²) >= 11 is 0. The lowest BCUT2D eigenvalue weighted by molar-refractivity contribution is 0.00869. The molecule has 1 unspecified atom stereocenters. The second kappa shape index (κ2) is 13.5. The Labute approximate surface area is 130 Å². The summed E-state index contributed by atoms with van der Waals surface area (Å²) in [6.45, 7) is 6.62. The van der Waals surface area contributed by atoms with E-state index in [1.54, 1.807) is 0 Å². The average Bonchev–Trinajstić information content (AvgIpc) is 3.03. The summed E-state index contributed by atoms with van der Waals surface area (Å²) < 4.78 is 16.5. The maximum absolute atomic E-state index is 9.45. The van der Waals surface area contributed by atoms with Crippen molar-refractivity contribution in [3.63, 3.8) is 0 Å². The van der Waals surface area contributed by atoms with Crippen molar-refractivity contribution in [1.29, 1.82) is 0 Å². The van der Waals surface area contributed by atoms with Crippen LogP contribution in [0.15, 0.2) is 0 Å². The molecule has 0 aromatic heterocycles. The Hall–Kier alpha value is -0.160. The van der Waals surface area contributed by atoms with Gasteiger partial charge >= 0.3 is 0 Å². The summed E-state index contributed by atoms with van der Waals surface area (Å²) in [5.74, 6) is 1.15. The highest BCUT2D eigenvalue weighted by Crippen LogP contribution is 2.32. The highest BCUT2D eigenvalue weighted by atomic mass is 16.5. The number of unbranched alkanes of at least 4 members (excludes halogenated alkanes) is 1. The van der Waals surface area contributed by atoms with Crippen LogP contribution >= 0.6 is 0 Å². The molecule has 0 heterocycles. The Morgan fingerprint density at radius 2 is 1.48 bits per heavy atom. The van der Waals surface area contributed by atoms with Crippen molar-refractivity contribution in [2.24, 2.45) is 11.8 Å². The number of aliphatic hydroxyl groups is 1. The van der Waals surface area contributed by atoms with Crippen LogP contribution in [0.4, 0.5) is 0 Å². The maximum atomic E-state index is 9.45. The monoisotopic (exact) mass is 302 g/mol. The van der Waals surface area contributed by atoms with Crippen LogP contribution in [0, 0.1) is 11.8 Å². The van der Waals surface area contributed by atoms with Crippen LogP contribution in [0.2, 0.25) is 0 Å². The highest BCUT2D eigenvalue weighted by molar-refractivity contribution is 4.74. The molecule has 1 aliphatic carbocycles. The molecule has 1 aliphatic rings. The van der Waals surface area contributed by atoms with Gasteiger partial charge in [0.1, 0.15) is 0 Å². The molecule has 1 N–H and O–H groups in total. The van der Waals surface area contributed by atoms with E-state index in [-0.39, 0.29) is 0 Å². The molecular weight excluding hydrogens is 268 g/mol. The van der Waals surface area contributed by atoms with Gasteiger partial charge in [-0.3, -0.25) is 0 Å². The van der Waals surface area contributed by atoms with Gasteiger partial charge in [0.2, 0.25) is 0 Å². The fourth-order valence-electron chi connectivity index (χ4n) is 2.93. The molecule has 4 heteroatoms. The van der Waals surface area contributed by atoms with Crippen molar-refractivity contribution in [3.8, 4) is 0 Å². The van der Waals surface area contributed by atoms with E-state index >= 15 is 0 Å². The van der Waals surface area contributed by atoms with Gasteiger partial charge in [0, 0.05) is 19.8 Å². The molecule has 4 nitrogen and oxygen atoms in total. The molecule has 21 heavy (non-hydrogen) atoms. The van der Waals surface area contributed by atoms with E-state index in [2.05, 4.69) is 6.92 Å². The first-order chi connectivity index (χ1) is 10.4. The molecule has 0 spiro atoms. The molecule has 0 saturated heterocycles. The molecule has 0 radical (unpaired) electrons. The fraction of sp³-hybridized carbons (Fsp3) is 1.00. The first-order valence-corrected chi connectivity index (χ1v) is 8.72. The SMILES string of the molecule is CCCCOCCOCCOCCC(CO)C1CCCC1. The maximum Gasteiger partial charge on any atom is 0.0701 e. The standard InChI is InChI=1S/C17H34O4/c1-2-3-9-19-11-13-21-14-12-20-10-8-17(15-18)16-6-4-5-7-16/h16-18H,2-15H2,1H3. The lowest BCUT2D eigenvalue weighted by Gasteiger charge is -2.20. The third kappa shape index (κ3) is 9.46. The van der Waals surface area contributed by atoms with Crippen LogP contribution in [0.1, 0.15) is 51.9 Å². The van der Waals surface area contributed by atoms with Crippen LogP contribution in [0.25, 0.3) is 0 Å². The topological polar surface area (TPSA) is 47.9 Å². The van der Waals surface area contributed by atoms with Crippen LogP contribution in [-0.4, -0.2) is 51.4 Å². The normalized spacial score (nSPS) is 17.4. The minimum Gasteiger partial charge on any atom is -0.396 e. The van der Waals surface area contributed by atoms with E-state index < -0.39 is 0 Å². The van der Waals surface area contributed by atoms with Gasteiger partial charge in [0.25, 0.3) is 0 Å². The number of hydrogen-bond donors (Lipinski definition) is 1. The van der Waals surface area contributed by atoms with Gasteiger partial charge in [-0.1, -0.05) is 39.0 Å². The summed E-state index contributed by atoms with van der Waals surface area (Å²) in [5, 5.41) is 9.45. The molecule has 1 fully saturated rings. The van der Waals surface area contributed by atoms with Crippen LogP contribution < -0.4 is 0 Å². The Morgan fingerprint density at radius 1 is 0.905 bits per heavy atom. The Balaban J connectivity index is 1.83. The minimum atomic E-state index is 0.305. The predicted octanol–water partition coefficient (Wildman–Crippen LogP) is 3.03. The van der Waals surface area contributed by atoms with Crippen molar-refractivity contribution >= 4 is 0 Å². The van der Waals surface area contributed by atoms with Crippen molar-refractivity contribution in [2.45, 2.75) is 51.9 Å². The molecule has 1 saturated carbocycles. The Kier molecular flexibility index (Phi) is 12.1. The zero-order valence-corrected chi connectivity index (χ0v) is 13.7. The number of hydrogen-bond acceptors (Lipinski definition) is 4. The molecule has 126 valence electrons.